The fourth-order valence-corrected chi connectivity index (χ4v) is 5.78. The Kier molecular flexibility index (Phi) is 10.2. The van der Waals surface area contributed by atoms with Crippen LogP contribution in [0.2, 0.25) is 0 Å². The van der Waals surface area contributed by atoms with Crippen molar-refractivity contribution in [3.63, 3.8) is 0 Å². The van der Waals surface area contributed by atoms with E-state index in [9.17, 15) is 9.59 Å². The second kappa shape index (κ2) is 14.5. The number of hydrogen-bond acceptors (Lipinski definition) is 7. The van der Waals surface area contributed by atoms with E-state index in [1.807, 2.05) is 31.2 Å². The Bertz CT molecular complexity index is 1930. The number of nitrogens with zero attached hydrogens (tertiary/aromatic N) is 3. The molecular formula is C37H42N4O5. The third-order valence-corrected chi connectivity index (χ3v) is 8.22. The number of amides is 1. The minimum Gasteiger partial charge on any atom is -0.486 e. The third-order valence-electron chi connectivity index (χ3n) is 8.22. The second-order valence-corrected chi connectivity index (χ2v) is 12.5. The zero-order chi connectivity index (χ0) is 32.7. The van der Waals surface area contributed by atoms with E-state index >= 15 is 0 Å². The van der Waals surface area contributed by atoms with Gasteiger partial charge in [-0.3, -0.25) is 9.48 Å². The molecule has 0 aliphatic heterocycles. The standard InChI is InChI=1S/C37H42N4O5/c1-25(12-14-31-27(3)11-7-17-37(31,4)5)9-6-10-26(2)21-32(42)38-23-30-24-41(40-39-30)18-8-19-44-36-34-29(16-20-45-34)22-28-13-15-33(43)46-35(28)36/h6,9-10,12-16,20-22,24H,7-8,11,17-19,23H2,1-5H3,(H,38,42)/b10-6+,14-12+,25-9+,26-21+. The Morgan fingerprint density at radius 1 is 1.13 bits per heavy atom. The van der Waals surface area contributed by atoms with Crippen LogP contribution in [0.1, 0.15) is 66.0 Å². The van der Waals surface area contributed by atoms with Gasteiger partial charge in [-0.2, -0.15) is 0 Å². The first-order valence-corrected chi connectivity index (χ1v) is 15.7. The van der Waals surface area contributed by atoms with E-state index in [0.717, 1.165) is 21.9 Å². The predicted octanol–water partition coefficient (Wildman–Crippen LogP) is 7.75. The summed E-state index contributed by atoms with van der Waals surface area (Å²) in [6.45, 7) is 12.0. The number of benzene rings is 1. The van der Waals surface area contributed by atoms with E-state index in [4.69, 9.17) is 13.6 Å². The maximum atomic E-state index is 12.5. The summed E-state index contributed by atoms with van der Waals surface area (Å²) in [4.78, 5) is 24.3. The maximum Gasteiger partial charge on any atom is 0.336 e. The molecule has 240 valence electrons. The summed E-state index contributed by atoms with van der Waals surface area (Å²) in [6, 6.07) is 6.82. The largest absolute Gasteiger partial charge is 0.486 e. The van der Waals surface area contributed by atoms with Crippen molar-refractivity contribution < 1.29 is 18.4 Å². The lowest BCUT2D eigenvalue weighted by molar-refractivity contribution is -0.116. The number of aryl methyl sites for hydroxylation is 1. The highest BCUT2D eigenvalue weighted by molar-refractivity contribution is 5.99. The van der Waals surface area contributed by atoms with E-state index in [1.165, 1.54) is 36.5 Å². The number of fused-ring (bicyclic) bond motifs is 2. The quantitative estimate of drug-likeness (QED) is 0.0744. The molecule has 3 heterocycles. The van der Waals surface area contributed by atoms with E-state index in [1.54, 1.807) is 29.3 Å². The minimum absolute atomic E-state index is 0.196. The Morgan fingerprint density at radius 2 is 1.96 bits per heavy atom. The molecule has 1 aromatic carbocycles. The van der Waals surface area contributed by atoms with Gasteiger partial charge in [-0.15, -0.1) is 5.10 Å². The summed E-state index contributed by atoms with van der Waals surface area (Å²) in [5.74, 6) is 0.212. The molecule has 9 heteroatoms. The fourth-order valence-electron chi connectivity index (χ4n) is 5.78. The van der Waals surface area contributed by atoms with Gasteiger partial charge in [0.05, 0.1) is 25.6 Å². The molecule has 1 amide bonds. The van der Waals surface area contributed by atoms with E-state index in [0.29, 0.717) is 42.2 Å². The number of rotatable bonds is 12. The molecule has 1 N–H and O–H groups in total. The minimum atomic E-state index is -0.453. The van der Waals surface area contributed by atoms with Crippen LogP contribution in [-0.2, 0) is 17.9 Å². The molecule has 0 bridgehead atoms. The molecule has 9 nitrogen and oxygen atoms in total. The molecule has 0 unspecified atom stereocenters. The number of aromatic nitrogens is 3. The molecule has 3 aromatic heterocycles. The Labute approximate surface area is 269 Å². The Morgan fingerprint density at radius 3 is 2.78 bits per heavy atom. The van der Waals surface area contributed by atoms with E-state index in [-0.39, 0.29) is 17.9 Å². The average molecular weight is 623 g/mol. The van der Waals surface area contributed by atoms with Crippen molar-refractivity contribution >= 4 is 27.8 Å². The second-order valence-electron chi connectivity index (χ2n) is 12.5. The highest BCUT2D eigenvalue weighted by Crippen LogP contribution is 2.41. The number of hydrogen-bond donors (Lipinski definition) is 1. The summed E-state index contributed by atoms with van der Waals surface area (Å²) < 4.78 is 18.7. The summed E-state index contributed by atoms with van der Waals surface area (Å²) in [6.07, 6.45) is 19.6. The number of ether oxygens (including phenoxy) is 1. The molecule has 1 aliphatic rings. The number of nitrogens with one attached hydrogen (secondary N) is 1. The van der Waals surface area contributed by atoms with Gasteiger partial charge >= 0.3 is 5.63 Å². The molecule has 46 heavy (non-hydrogen) atoms. The number of carbonyl (C=O) groups is 1. The topological polar surface area (TPSA) is 112 Å². The highest BCUT2D eigenvalue weighted by atomic mass is 16.5. The molecule has 5 rings (SSSR count). The van der Waals surface area contributed by atoms with Crippen LogP contribution in [0.3, 0.4) is 0 Å². The first kappa shape index (κ1) is 32.5. The number of carbonyl (C=O) groups excluding carboxylic acids is 1. The normalized spacial score (nSPS) is 15.9. The monoisotopic (exact) mass is 622 g/mol. The average Bonchev–Trinajstić information content (AvgIpc) is 3.67. The van der Waals surface area contributed by atoms with Gasteiger partial charge in [0.1, 0.15) is 5.69 Å². The first-order chi connectivity index (χ1) is 22.1. The zero-order valence-corrected chi connectivity index (χ0v) is 27.3. The van der Waals surface area contributed by atoms with Crippen LogP contribution >= 0.6 is 0 Å². The maximum absolute atomic E-state index is 12.5. The molecular weight excluding hydrogens is 580 g/mol. The van der Waals surface area contributed by atoms with Crippen molar-refractivity contribution in [3.05, 3.63) is 112 Å². The molecule has 4 aromatic rings. The highest BCUT2D eigenvalue weighted by Gasteiger charge is 2.26. The molecule has 0 spiro atoms. The van der Waals surface area contributed by atoms with Crippen molar-refractivity contribution in [2.75, 3.05) is 6.61 Å². The van der Waals surface area contributed by atoms with E-state index < -0.39 is 5.63 Å². The summed E-state index contributed by atoms with van der Waals surface area (Å²) in [7, 11) is 0. The van der Waals surface area contributed by atoms with Gasteiger partial charge in [0.15, 0.2) is 11.2 Å². The van der Waals surface area contributed by atoms with E-state index in [2.05, 4.69) is 61.6 Å². The number of furan rings is 1. The van der Waals surface area contributed by atoms with Crippen LogP contribution in [0.4, 0.5) is 0 Å². The van der Waals surface area contributed by atoms with Gasteiger partial charge < -0.3 is 18.9 Å². The molecule has 1 aliphatic carbocycles. The lowest BCUT2D eigenvalue weighted by Crippen LogP contribution is -2.20. The van der Waals surface area contributed by atoms with Crippen LogP contribution in [-0.4, -0.2) is 27.5 Å². The van der Waals surface area contributed by atoms with Crippen LogP contribution < -0.4 is 15.7 Å². The molecule has 0 fully saturated rings. The predicted molar refractivity (Wildman–Crippen MR) is 180 cm³/mol. The fraction of sp³-hybridized carbons (Fsp3) is 0.351. The molecule has 0 atom stereocenters. The molecule has 0 radical (unpaired) electrons. The Hall–Kier alpha value is -4.92. The van der Waals surface area contributed by atoms with Gasteiger partial charge in [-0.25, -0.2) is 4.79 Å². The summed E-state index contributed by atoms with van der Waals surface area (Å²) >= 11 is 0. The van der Waals surface area contributed by atoms with Crippen LogP contribution in [0.15, 0.2) is 109 Å². The van der Waals surface area contributed by atoms with Crippen molar-refractivity contribution in [1.82, 2.24) is 20.3 Å². The molecule has 0 saturated heterocycles. The van der Waals surface area contributed by atoms with Gasteiger partial charge in [0.25, 0.3) is 0 Å². The lowest BCUT2D eigenvalue weighted by atomic mass is 9.72. The summed E-state index contributed by atoms with van der Waals surface area (Å²) in [5.41, 5.74) is 6.25. The van der Waals surface area contributed by atoms with Gasteiger partial charge in [0, 0.05) is 35.9 Å². The zero-order valence-electron chi connectivity index (χ0n) is 27.3. The molecule has 0 saturated carbocycles. The van der Waals surface area contributed by atoms with Crippen LogP contribution in [0, 0.1) is 5.41 Å². The van der Waals surface area contributed by atoms with Gasteiger partial charge in [-0.1, -0.05) is 60.6 Å². The van der Waals surface area contributed by atoms with Crippen LogP contribution in [0.25, 0.3) is 21.9 Å². The SMILES string of the molecule is CC1=C(/C=C/C(C)=C/C=C/C(C)=C/C(=O)NCc2cn(CCCOc3c4occc4cc4ccc(=O)oc34)nn2)C(C)(C)CCC1. The summed E-state index contributed by atoms with van der Waals surface area (Å²) in [5, 5.41) is 12.8. The van der Waals surface area contributed by atoms with Crippen LogP contribution in [0.5, 0.6) is 5.75 Å². The van der Waals surface area contributed by atoms with Gasteiger partial charge in [-0.05, 0) is 74.8 Å². The smallest absolute Gasteiger partial charge is 0.336 e. The van der Waals surface area contributed by atoms with Gasteiger partial charge in [0.2, 0.25) is 11.7 Å². The number of allylic oxidation sites excluding steroid dienone is 9. The van der Waals surface area contributed by atoms with Crippen molar-refractivity contribution in [3.8, 4) is 5.75 Å². The Balaban J connectivity index is 1.07. The lowest BCUT2D eigenvalue weighted by Gasteiger charge is -2.32. The van der Waals surface area contributed by atoms with Crippen molar-refractivity contribution in [1.29, 1.82) is 0 Å². The van der Waals surface area contributed by atoms with Crippen molar-refractivity contribution in [2.45, 2.75) is 73.4 Å². The third kappa shape index (κ3) is 8.21. The first-order valence-electron chi connectivity index (χ1n) is 15.7. The van der Waals surface area contributed by atoms with Crippen molar-refractivity contribution in [2.24, 2.45) is 5.41 Å².